The molecule has 0 spiro atoms. The molecule has 1 atom stereocenters. The summed E-state index contributed by atoms with van der Waals surface area (Å²) in [4.78, 5) is 12.5. The van der Waals surface area contributed by atoms with E-state index in [9.17, 15) is 4.79 Å². The Labute approximate surface area is 125 Å². The number of benzene rings is 1. The summed E-state index contributed by atoms with van der Waals surface area (Å²) in [5.41, 5.74) is 1.11. The first-order chi connectivity index (χ1) is 9.41. The summed E-state index contributed by atoms with van der Waals surface area (Å²) >= 11 is 5.91. The van der Waals surface area contributed by atoms with Gasteiger partial charge in [0.1, 0.15) is 0 Å². The lowest BCUT2D eigenvalue weighted by Crippen LogP contribution is -2.49. The number of halogens is 1. The van der Waals surface area contributed by atoms with Crippen LogP contribution in [0.2, 0.25) is 5.02 Å². The molecule has 1 amide bonds. The quantitative estimate of drug-likeness (QED) is 0.906. The van der Waals surface area contributed by atoms with Crippen LogP contribution < -0.4 is 5.32 Å². The van der Waals surface area contributed by atoms with Crippen molar-refractivity contribution in [2.45, 2.75) is 26.7 Å². The van der Waals surface area contributed by atoms with Gasteiger partial charge >= 0.3 is 0 Å². The first-order valence-corrected chi connectivity index (χ1v) is 7.40. The summed E-state index contributed by atoms with van der Waals surface area (Å²) in [6.45, 7) is 8.37. The standard InChI is InChI=1S/C16H22ClNO2/c1-11(2)14(12-4-6-13(17)7-5-12)15(19)18-8-16(3)9-20-10-16/h4-7,11,14H,8-10H2,1-3H3,(H,18,19). The Bertz CT molecular complexity index is 466. The molecule has 1 unspecified atom stereocenters. The first kappa shape index (κ1) is 15.3. The van der Waals surface area contributed by atoms with Gasteiger partial charge in [-0.25, -0.2) is 0 Å². The van der Waals surface area contributed by atoms with Gasteiger partial charge in [0.2, 0.25) is 5.91 Å². The fraction of sp³-hybridized carbons (Fsp3) is 0.562. The molecule has 1 aliphatic heterocycles. The summed E-state index contributed by atoms with van der Waals surface area (Å²) in [5.74, 6) is 0.175. The maximum Gasteiger partial charge on any atom is 0.227 e. The molecule has 1 aliphatic rings. The molecule has 1 fully saturated rings. The van der Waals surface area contributed by atoms with Crippen molar-refractivity contribution in [2.24, 2.45) is 11.3 Å². The highest BCUT2D eigenvalue weighted by atomic mass is 35.5. The van der Waals surface area contributed by atoms with Crippen molar-refractivity contribution >= 4 is 17.5 Å². The summed E-state index contributed by atoms with van der Waals surface area (Å²) < 4.78 is 5.21. The van der Waals surface area contributed by atoms with Crippen LogP contribution in [0, 0.1) is 11.3 Å². The van der Waals surface area contributed by atoms with Crippen LogP contribution in [0.5, 0.6) is 0 Å². The predicted octanol–water partition coefficient (Wildman–Crippen LogP) is 3.23. The lowest BCUT2D eigenvalue weighted by molar-refractivity contribution is -0.128. The Morgan fingerprint density at radius 1 is 1.35 bits per heavy atom. The number of rotatable bonds is 5. The topological polar surface area (TPSA) is 38.3 Å². The smallest absolute Gasteiger partial charge is 0.227 e. The summed E-state index contributed by atoms with van der Waals surface area (Å²) in [5, 5.41) is 3.76. The molecule has 1 N–H and O–H groups in total. The molecule has 1 aromatic rings. The second-order valence-electron chi connectivity index (χ2n) is 6.29. The molecule has 2 rings (SSSR count). The number of carbonyl (C=O) groups excluding carboxylic acids is 1. The third-order valence-corrected chi connectivity index (χ3v) is 4.02. The van der Waals surface area contributed by atoms with Crippen molar-refractivity contribution in [1.29, 1.82) is 0 Å². The molecule has 0 saturated carbocycles. The average Bonchev–Trinajstić information content (AvgIpc) is 2.36. The van der Waals surface area contributed by atoms with Gasteiger partial charge in [-0.2, -0.15) is 0 Å². The van der Waals surface area contributed by atoms with Gasteiger partial charge in [0, 0.05) is 17.0 Å². The van der Waals surface area contributed by atoms with Gasteiger partial charge in [-0.1, -0.05) is 44.5 Å². The molecule has 1 saturated heterocycles. The van der Waals surface area contributed by atoms with Crippen molar-refractivity contribution in [1.82, 2.24) is 5.32 Å². The number of hydrogen-bond donors (Lipinski definition) is 1. The molecule has 110 valence electrons. The highest BCUT2D eigenvalue weighted by Gasteiger charge is 2.34. The largest absolute Gasteiger partial charge is 0.380 e. The number of nitrogens with one attached hydrogen (secondary N) is 1. The molecule has 4 heteroatoms. The molecule has 0 radical (unpaired) electrons. The van der Waals surface area contributed by atoms with Crippen LogP contribution >= 0.6 is 11.6 Å². The third-order valence-electron chi connectivity index (χ3n) is 3.77. The number of amides is 1. The van der Waals surface area contributed by atoms with Crippen LogP contribution in [0.1, 0.15) is 32.3 Å². The number of ether oxygens (including phenoxy) is 1. The highest BCUT2D eigenvalue weighted by Crippen LogP contribution is 2.28. The van der Waals surface area contributed by atoms with Crippen LogP contribution in [0.15, 0.2) is 24.3 Å². The zero-order chi connectivity index (χ0) is 14.8. The molecule has 20 heavy (non-hydrogen) atoms. The van der Waals surface area contributed by atoms with Gasteiger partial charge in [0.25, 0.3) is 0 Å². The average molecular weight is 296 g/mol. The Morgan fingerprint density at radius 2 is 1.95 bits per heavy atom. The van der Waals surface area contributed by atoms with Crippen molar-refractivity contribution < 1.29 is 9.53 Å². The van der Waals surface area contributed by atoms with E-state index < -0.39 is 0 Å². The van der Waals surface area contributed by atoms with Crippen molar-refractivity contribution in [3.63, 3.8) is 0 Å². The summed E-state index contributed by atoms with van der Waals surface area (Å²) in [6.07, 6.45) is 0. The van der Waals surface area contributed by atoms with Gasteiger partial charge in [-0.05, 0) is 23.6 Å². The van der Waals surface area contributed by atoms with E-state index in [0.717, 1.165) is 18.8 Å². The van der Waals surface area contributed by atoms with Crippen LogP contribution in [0.3, 0.4) is 0 Å². The first-order valence-electron chi connectivity index (χ1n) is 7.02. The monoisotopic (exact) mass is 295 g/mol. The molecule has 3 nitrogen and oxygen atoms in total. The van der Waals surface area contributed by atoms with Crippen molar-refractivity contribution in [2.75, 3.05) is 19.8 Å². The van der Waals surface area contributed by atoms with Crippen molar-refractivity contribution in [3.05, 3.63) is 34.9 Å². The van der Waals surface area contributed by atoms with E-state index in [1.54, 1.807) is 0 Å². The zero-order valence-electron chi connectivity index (χ0n) is 12.3. The minimum absolute atomic E-state index is 0.0791. The zero-order valence-corrected chi connectivity index (χ0v) is 13.0. The van der Waals surface area contributed by atoms with Gasteiger partial charge < -0.3 is 10.1 Å². The SMILES string of the molecule is CC(C)C(C(=O)NCC1(C)COC1)c1ccc(Cl)cc1. The molecular formula is C16H22ClNO2. The fourth-order valence-corrected chi connectivity index (χ4v) is 2.60. The number of hydrogen-bond acceptors (Lipinski definition) is 2. The van der Waals surface area contributed by atoms with E-state index in [1.807, 2.05) is 24.3 Å². The van der Waals surface area contributed by atoms with Gasteiger partial charge in [0.15, 0.2) is 0 Å². The Balaban J connectivity index is 2.04. The van der Waals surface area contributed by atoms with Gasteiger partial charge in [-0.15, -0.1) is 0 Å². The van der Waals surface area contributed by atoms with E-state index in [2.05, 4.69) is 26.1 Å². The van der Waals surface area contributed by atoms with E-state index in [1.165, 1.54) is 0 Å². The van der Waals surface area contributed by atoms with Crippen LogP contribution in [-0.4, -0.2) is 25.7 Å². The Hall–Kier alpha value is -1.06. The maximum absolute atomic E-state index is 12.5. The predicted molar refractivity (Wildman–Crippen MR) is 81.0 cm³/mol. The fourth-order valence-electron chi connectivity index (χ4n) is 2.47. The lowest BCUT2D eigenvalue weighted by atomic mass is 9.85. The van der Waals surface area contributed by atoms with Gasteiger partial charge in [0.05, 0.1) is 19.1 Å². The Kier molecular flexibility index (Phi) is 4.71. The summed E-state index contributed by atoms with van der Waals surface area (Å²) in [6, 6.07) is 7.53. The van der Waals surface area contributed by atoms with Crippen molar-refractivity contribution in [3.8, 4) is 0 Å². The molecule has 0 aromatic heterocycles. The number of carbonyl (C=O) groups is 1. The second-order valence-corrected chi connectivity index (χ2v) is 6.73. The minimum atomic E-state index is -0.142. The Morgan fingerprint density at radius 3 is 2.40 bits per heavy atom. The normalized spacial score (nSPS) is 18.4. The molecule has 1 aromatic carbocycles. The van der Waals surface area contributed by atoms with Crippen LogP contribution in [0.4, 0.5) is 0 Å². The molecule has 0 aliphatic carbocycles. The molecule has 1 heterocycles. The molecular weight excluding hydrogens is 274 g/mol. The van der Waals surface area contributed by atoms with E-state index in [0.29, 0.717) is 11.6 Å². The molecule has 0 bridgehead atoms. The minimum Gasteiger partial charge on any atom is -0.380 e. The van der Waals surface area contributed by atoms with Gasteiger partial charge in [-0.3, -0.25) is 4.79 Å². The van der Waals surface area contributed by atoms with E-state index in [-0.39, 0.29) is 23.2 Å². The van der Waals surface area contributed by atoms with Crippen LogP contribution in [0.25, 0.3) is 0 Å². The van der Waals surface area contributed by atoms with E-state index >= 15 is 0 Å². The summed E-state index contributed by atoms with van der Waals surface area (Å²) in [7, 11) is 0. The van der Waals surface area contributed by atoms with E-state index in [4.69, 9.17) is 16.3 Å². The maximum atomic E-state index is 12.5. The van der Waals surface area contributed by atoms with Crippen LogP contribution in [-0.2, 0) is 9.53 Å². The highest BCUT2D eigenvalue weighted by molar-refractivity contribution is 6.30. The lowest BCUT2D eigenvalue weighted by Gasteiger charge is -2.38. The second kappa shape index (κ2) is 6.15. The third kappa shape index (κ3) is 3.53.